The highest BCUT2D eigenvalue weighted by Crippen LogP contribution is 2.71. The first-order valence-corrected chi connectivity index (χ1v) is 50.5. The van der Waals surface area contributed by atoms with Crippen LogP contribution < -0.4 is 39.4 Å². The second-order valence-electron chi connectivity index (χ2n) is 43.7. The Bertz CT molecular complexity index is 5030. The maximum absolute atomic E-state index is 12.7. The van der Waals surface area contributed by atoms with Gasteiger partial charge in [0.1, 0.15) is 30.4 Å². The van der Waals surface area contributed by atoms with Crippen LogP contribution >= 0.6 is 0 Å². The predicted molar refractivity (Wildman–Crippen MR) is 530 cm³/mol. The summed E-state index contributed by atoms with van der Waals surface area (Å²) in [5, 5.41) is 53.4. The minimum Gasteiger partial charge on any atom is -0.513 e. The van der Waals surface area contributed by atoms with Gasteiger partial charge >= 0.3 is 12.0 Å². The number of methoxy groups -OCH3 is 1. The zero-order valence-electron chi connectivity index (χ0n) is 82.4. The summed E-state index contributed by atoms with van der Waals surface area (Å²) >= 11 is 0. The normalized spacial score (nSPS) is 35.2. The van der Waals surface area contributed by atoms with Crippen LogP contribution in [0.25, 0.3) is 17.4 Å². The van der Waals surface area contributed by atoms with E-state index in [2.05, 4.69) is 94.1 Å². The number of hydrogen-bond donors (Lipinski definition) is 12. The molecular formula is C109H158N12O15. The number of amides is 5. The SMILES string of the molecule is C=C(C)[C@@H]1CC[C@@]2(O)C[C@]2(N)C1.C=C(O)[C@@H]1CC[C@]2(N)[C@@H]3CC[C@@H]4C[C@@H](O)CC[C@]4(C)[C@H]3CC[C@]12C.C=C1OCCN1NC(=O)CNC(=O)c1ccc(N)cc1.COC(=O)[C@@H]1CC[C@]2(N)[C@@H]3CC[C@@H]4C[C@@H](O[C@@H]5CC[C@@H](O)[C@H](C)O5)CC[C@]4(C)[C@H]3CC[C@]12C.Cc1ccc(-c2ccc(/C=C/N3CC(=O)N(CCCCN4CCN(C)CC4)C3=O)o2)cc1.Nc1cc(Cc2ccccc2)ccc1O. The van der Waals surface area contributed by atoms with E-state index in [1.807, 2.05) is 80.6 Å². The molecule has 5 aromatic rings. The topological polar surface area (TPSA) is 407 Å². The number of carbonyl (C=O) groups is 5. The lowest BCUT2D eigenvalue weighted by Crippen LogP contribution is -2.66. The second-order valence-corrected chi connectivity index (χ2v) is 43.7. The minimum absolute atomic E-state index is 0.00260. The van der Waals surface area contributed by atoms with Crippen molar-refractivity contribution in [2.75, 3.05) is 91.1 Å². The molecule has 0 bridgehead atoms. The summed E-state index contributed by atoms with van der Waals surface area (Å²) in [5.41, 5.74) is 40.8. The van der Waals surface area contributed by atoms with Gasteiger partial charge < -0.3 is 92.7 Å². The van der Waals surface area contributed by atoms with Gasteiger partial charge in [0, 0.05) is 84.7 Å². The van der Waals surface area contributed by atoms with Crippen molar-refractivity contribution in [2.45, 2.75) is 275 Å². The fourth-order valence-electron chi connectivity index (χ4n) is 26.7. The molecule has 10 saturated carbocycles. The number of fused-ring (bicyclic) bond motifs is 11. The molecule has 14 fully saturated rings. The number of imide groups is 1. The van der Waals surface area contributed by atoms with Gasteiger partial charge in [-0.2, -0.15) is 0 Å². The molecule has 4 saturated heterocycles. The van der Waals surface area contributed by atoms with Crippen molar-refractivity contribution in [3.63, 3.8) is 0 Å². The number of ether oxygens (including phenoxy) is 4. The Morgan fingerprint density at radius 3 is 1.94 bits per heavy atom. The number of aromatic hydroxyl groups is 1. The van der Waals surface area contributed by atoms with Gasteiger partial charge in [0.15, 0.2) is 6.29 Å². The number of hydrogen-bond acceptors (Lipinski definition) is 23. The molecule has 4 aliphatic heterocycles. The Kier molecular flexibility index (Phi) is 32.4. The minimum atomic E-state index is -0.515. The first-order valence-electron chi connectivity index (χ1n) is 50.5. The number of furan rings is 1. The molecule has 0 radical (unpaired) electrons. The molecular weight excluding hydrogens is 1720 g/mol. The summed E-state index contributed by atoms with van der Waals surface area (Å²) in [4.78, 5) is 68.6. The number of nitrogen functional groups attached to an aromatic ring is 2. The van der Waals surface area contributed by atoms with E-state index in [4.69, 9.17) is 52.0 Å². The summed E-state index contributed by atoms with van der Waals surface area (Å²) in [6.07, 6.45) is 30.3. The molecule has 19 rings (SSSR count). The van der Waals surface area contributed by atoms with Crippen LogP contribution in [0.5, 0.6) is 5.75 Å². The Balaban J connectivity index is 0.000000135. The highest BCUT2D eigenvalue weighted by molar-refractivity contribution is 6.02. The van der Waals surface area contributed by atoms with Crippen molar-refractivity contribution < 1.29 is 72.9 Å². The number of carbonyl (C=O) groups excluding carboxylic acids is 5. The number of aliphatic hydroxyl groups is 4. The van der Waals surface area contributed by atoms with Crippen LogP contribution in [-0.4, -0.2) is 212 Å². The number of aliphatic hydroxyl groups excluding tert-OH is 3. The molecule has 4 aromatic carbocycles. The van der Waals surface area contributed by atoms with Gasteiger partial charge in [-0.15, -0.1) is 0 Å². The average molecular weight is 1880 g/mol. The summed E-state index contributed by atoms with van der Waals surface area (Å²) in [5.74, 6) is 5.78. The van der Waals surface area contributed by atoms with Gasteiger partial charge in [0.25, 0.3) is 17.7 Å². The first kappa shape index (κ1) is 103. The fourth-order valence-corrected chi connectivity index (χ4v) is 26.7. The molecule has 136 heavy (non-hydrogen) atoms. The number of anilines is 2. The van der Waals surface area contributed by atoms with Crippen molar-refractivity contribution in [1.29, 1.82) is 0 Å². The number of allylic oxidation sites excluding steroid dienone is 2. The molecule has 1 aromatic heterocycles. The van der Waals surface area contributed by atoms with Crippen molar-refractivity contribution in [1.82, 2.24) is 35.4 Å². The highest BCUT2D eigenvalue weighted by Gasteiger charge is 2.70. The highest BCUT2D eigenvalue weighted by atomic mass is 16.7. The molecule has 744 valence electrons. The second kappa shape index (κ2) is 42.9. The molecule has 17 N–H and O–H groups in total. The number of aryl methyl sites for hydroxylation is 1. The Labute approximate surface area is 806 Å². The molecule has 27 heteroatoms. The number of phenols is 1. The smallest absolute Gasteiger partial charge is 0.331 e. The van der Waals surface area contributed by atoms with Gasteiger partial charge in [-0.05, 0) is 337 Å². The van der Waals surface area contributed by atoms with Crippen LogP contribution in [0.4, 0.5) is 16.2 Å². The third-order valence-corrected chi connectivity index (χ3v) is 35.6. The zero-order valence-corrected chi connectivity index (χ0v) is 82.4. The van der Waals surface area contributed by atoms with Gasteiger partial charge in [-0.25, -0.2) is 4.79 Å². The molecule has 0 spiro atoms. The van der Waals surface area contributed by atoms with Crippen molar-refractivity contribution >= 4 is 47.2 Å². The monoisotopic (exact) mass is 1880 g/mol. The molecule has 14 aliphatic rings. The van der Waals surface area contributed by atoms with E-state index in [1.165, 1.54) is 83.6 Å². The Morgan fingerprint density at radius 2 is 1.32 bits per heavy atom. The van der Waals surface area contributed by atoms with E-state index >= 15 is 0 Å². The van der Waals surface area contributed by atoms with E-state index in [0.29, 0.717) is 106 Å². The Morgan fingerprint density at radius 1 is 0.684 bits per heavy atom. The van der Waals surface area contributed by atoms with E-state index in [0.717, 1.165) is 178 Å². The zero-order chi connectivity index (χ0) is 97.6. The van der Waals surface area contributed by atoms with E-state index < -0.39 is 5.60 Å². The summed E-state index contributed by atoms with van der Waals surface area (Å²) in [6, 6.07) is 33.6. The molecule has 5 heterocycles. The summed E-state index contributed by atoms with van der Waals surface area (Å²) in [6.45, 7) is 34.0. The van der Waals surface area contributed by atoms with Crippen LogP contribution in [0.2, 0.25) is 0 Å². The van der Waals surface area contributed by atoms with Crippen LogP contribution in [0.15, 0.2) is 157 Å². The lowest BCUT2D eigenvalue weighted by atomic mass is 9.42. The Hall–Kier alpha value is -9.13. The largest absolute Gasteiger partial charge is 0.513 e. The number of nitrogens with two attached hydrogens (primary N) is 5. The van der Waals surface area contributed by atoms with Crippen molar-refractivity contribution in [3.8, 4) is 17.1 Å². The summed E-state index contributed by atoms with van der Waals surface area (Å²) in [7, 11) is 3.67. The number of rotatable bonds is 19. The van der Waals surface area contributed by atoms with Crippen LogP contribution in [0.1, 0.15) is 241 Å². The van der Waals surface area contributed by atoms with E-state index in [1.54, 1.807) is 42.6 Å². The number of phenolic OH excluding ortho intramolecular Hbond substituents is 1. The molecule has 27 nitrogen and oxygen atoms in total. The molecule has 10 aliphatic carbocycles. The van der Waals surface area contributed by atoms with Crippen LogP contribution in [-0.2, 0) is 39.8 Å². The first-order chi connectivity index (χ1) is 64.6. The van der Waals surface area contributed by atoms with Gasteiger partial charge in [0.05, 0.1) is 67.6 Å². The predicted octanol–water partition coefficient (Wildman–Crippen LogP) is 15.4. The molecule has 5 amide bonds. The van der Waals surface area contributed by atoms with Crippen LogP contribution in [0.3, 0.4) is 0 Å². The molecule has 0 unspecified atom stereocenters. The number of unbranched alkanes of at least 4 members (excludes halogenated alkanes) is 1. The number of nitrogens with one attached hydrogen (secondary N) is 2. The van der Waals surface area contributed by atoms with Gasteiger partial charge in [-0.3, -0.25) is 39.4 Å². The quantitative estimate of drug-likeness (QED) is 0.00534. The van der Waals surface area contributed by atoms with Gasteiger partial charge in [-0.1, -0.05) is 113 Å². The van der Waals surface area contributed by atoms with Crippen LogP contribution in [0, 0.1) is 81.8 Å². The number of esters is 1. The number of hydrazine groups is 1. The lowest BCUT2D eigenvalue weighted by Gasteiger charge is -2.64. The molecule has 22 atom stereocenters. The number of urea groups is 1. The third kappa shape index (κ3) is 22.3. The lowest BCUT2D eigenvalue weighted by molar-refractivity contribution is -0.247. The van der Waals surface area contributed by atoms with Gasteiger partial charge in [0.2, 0.25) is 5.88 Å². The van der Waals surface area contributed by atoms with Crippen molar-refractivity contribution in [3.05, 3.63) is 180 Å². The standard InChI is InChI=1S/C27H45NO5.C25H32N4O3.C21H35NO2.C13H16N4O3.C13H13NO.C10H17NO/c1-16-22(29)7-8-23(32-16)33-18-9-12-25(2)17(15-18)5-6-20-19(25)10-13-26(3)21(24(30)31-4)11-14-27(20,26)28;1-20-5-7-21(8-6-20)23-10-9-22(32-23)11-14-28-19-24(30)29(25(28)31)13-4-3-12-27-17-15-26(2)16-18-27;1-13(23)16-8-11-21(22)18-5-4-14-12-15(24)6-9-19(14,2)17(18)7-10-20(16,21)3;1-9-17(6-7-20-9)16-12(18)8-15-13(19)10-2-4-11(14)5-3-10;14-12-9-11(6-7-13(12)15)8-10-4-2-1-3-5-10;1-7(2)8-3-4-10(12)6-9(10,11)5-8/h16-23,29H,5-15,28H2,1-4H3;5-11,14H,3-4,12-13,15-19H2,1-2H3;14-18,23-24H,1,4-12,22H2,2-3H3;2-5H,1,6-8,14H2,(H,15,19)(H,16,18);1-7,9,15H,8,14H2;8,12H,1,3-6,11H2,2H3/b;14-11+;;;;/t16-,17+,18-,19-,20+,21-,22+,23+,25-,26+,27-;;14-,15+,16+,17+,18-,19+,20-,21+;;;8-,9-,10-/m0.1..1/s1. The van der Waals surface area contributed by atoms with Crippen molar-refractivity contribution in [2.24, 2.45) is 92.1 Å². The maximum atomic E-state index is 12.7. The van der Waals surface area contributed by atoms with E-state index in [-0.39, 0.29) is 119 Å². The average Bonchev–Trinajstić information content (AvgIpc) is 1.45. The number of nitrogens with zero attached hydrogens (tertiary/aromatic N) is 5. The van der Waals surface area contributed by atoms with E-state index in [9.17, 15) is 49.5 Å². The number of benzene rings is 4. The third-order valence-electron chi connectivity index (χ3n) is 35.6. The maximum Gasteiger partial charge on any atom is 0.331 e. The number of piperazine rings is 1. The number of likely N-dealkylation sites (N-methyl/N-ethyl adjacent to an activating group) is 1. The fraction of sp³-hybridized carbons (Fsp3) is 0.624. The summed E-state index contributed by atoms with van der Waals surface area (Å²) < 4.78 is 28.5.